The van der Waals surface area contributed by atoms with Crippen molar-refractivity contribution in [3.8, 4) is 0 Å². The quantitative estimate of drug-likeness (QED) is 0.842. The molecule has 0 spiro atoms. The minimum Gasteiger partial charge on any atom is -0.478 e. The number of rotatable bonds is 6. The smallest absolute Gasteiger partial charge is 0.335 e. The maximum atomic E-state index is 12.3. The second-order valence-corrected chi connectivity index (χ2v) is 6.07. The highest BCUT2D eigenvalue weighted by Crippen LogP contribution is 2.21. The van der Waals surface area contributed by atoms with E-state index in [9.17, 15) is 13.2 Å². The van der Waals surface area contributed by atoms with Gasteiger partial charge in [0.1, 0.15) is 0 Å². The number of carbonyl (C=O) groups is 1. The Hall–Kier alpha value is -1.44. The van der Waals surface area contributed by atoms with E-state index in [0.29, 0.717) is 0 Å². The first-order chi connectivity index (χ1) is 8.82. The summed E-state index contributed by atoms with van der Waals surface area (Å²) in [4.78, 5) is 11.0. The van der Waals surface area contributed by atoms with Crippen molar-refractivity contribution in [2.75, 3.05) is 27.3 Å². The lowest BCUT2D eigenvalue weighted by molar-refractivity contribution is 0.0696. The Balaban J connectivity index is 3.22. The molecule has 0 unspecified atom stereocenters. The van der Waals surface area contributed by atoms with Crippen molar-refractivity contribution in [1.29, 1.82) is 0 Å². The average molecular weight is 287 g/mol. The van der Waals surface area contributed by atoms with E-state index in [4.69, 9.17) is 9.84 Å². The number of ether oxygens (including phenoxy) is 1. The van der Waals surface area contributed by atoms with Crippen LogP contribution in [-0.2, 0) is 14.8 Å². The number of carboxylic acid groups (broad SMARTS) is 1. The molecule has 0 atom stereocenters. The van der Waals surface area contributed by atoms with Crippen LogP contribution >= 0.6 is 0 Å². The number of nitrogens with zero attached hydrogens (tertiary/aromatic N) is 1. The van der Waals surface area contributed by atoms with Crippen molar-refractivity contribution >= 4 is 16.0 Å². The van der Waals surface area contributed by atoms with Gasteiger partial charge in [-0.3, -0.25) is 0 Å². The largest absolute Gasteiger partial charge is 0.478 e. The number of likely N-dealkylation sites (N-methyl/N-ethyl adjacent to an activating group) is 1. The van der Waals surface area contributed by atoms with Crippen molar-refractivity contribution in [2.45, 2.75) is 11.8 Å². The van der Waals surface area contributed by atoms with E-state index in [1.807, 2.05) is 0 Å². The van der Waals surface area contributed by atoms with Crippen LogP contribution in [0.2, 0.25) is 0 Å². The Labute approximate surface area is 112 Å². The van der Waals surface area contributed by atoms with Gasteiger partial charge in [-0.15, -0.1) is 0 Å². The van der Waals surface area contributed by atoms with Gasteiger partial charge < -0.3 is 9.84 Å². The van der Waals surface area contributed by atoms with Crippen molar-refractivity contribution in [3.05, 3.63) is 29.3 Å². The van der Waals surface area contributed by atoms with Crippen LogP contribution in [-0.4, -0.2) is 51.1 Å². The SMILES string of the molecule is COCCN(C)S(=O)(=O)c1cccc(C(=O)O)c1C. The van der Waals surface area contributed by atoms with E-state index < -0.39 is 16.0 Å². The molecule has 106 valence electrons. The van der Waals surface area contributed by atoms with Crippen LogP contribution < -0.4 is 0 Å². The third-order valence-electron chi connectivity index (χ3n) is 2.81. The summed E-state index contributed by atoms with van der Waals surface area (Å²) in [6, 6.07) is 4.21. The highest BCUT2D eigenvalue weighted by Gasteiger charge is 2.24. The lowest BCUT2D eigenvalue weighted by atomic mass is 10.1. The first-order valence-electron chi connectivity index (χ1n) is 5.60. The molecule has 0 fully saturated rings. The second-order valence-electron chi connectivity index (χ2n) is 4.05. The predicted molar refractivity (Wildman–Crippen MR) is 69.8 cm³/mol. The summed E-state index contributed by atoms with van der Waals surface area (Å²) < 4.78 is 30.6. The molecule has 1 rings (SSSR count). The van der Waals surface area contributed by atoms with Gasteiger partial charge in [-0.1, -0.05) is 6.07 Å². The molecular weight excluding hydrogens is 270 g/mol. The third-order valence-corrected chi connectivity index (χ3v) is 4.81. The molecule has 0 saturated heterocycles. The van der Waals surface area contributed by atoms with Gasteiger partial charge in [0.2, 0.25) is 10.0 Å². The van der Waals surface area contributed by atoms with Crippen LogP contribution in [0.1, 0.15) is 15.9 Å². The first kappa shape index (κ1) is 15.6. The van der Waals surface area contributed by atoms with Crippen LogP contribution in [0.4, 0.5) is 0 Å². The van der Waals surface area contributed by atoms with E-state index in [0.717, 1.165) is 4.31 Å². The molecule has 0 aromatic heterocycles. The average Bonchev–Trinajstić information content (AvgIpc) is 2.35. The molecular formula is C12H17NO5S. The zero-order valence-corrected chi connectivity index (χ0v) is 11.9. The maximum Gasteiger partial charge on any atom is 0.335 e. The Kier molecular flexibility index (Phi) is 5.04. The lowest BCUT2D eigenvalue weighted by Crippen LogP contribution is -2.30. The highest BCUT2D eigenvalue weighted by atomic mass is 32.2. The van der Waals surface area contributed by atoms with Crippen molar-refractivity contribution in [1.82, 2.24) is 4.31 Å². The van der Waals surface area contributed by atoms with Gasteiger partial charge in [0.15, 0.2) is 0 Å². The molecule has 0 radical (unpaired) electrons. The van der Waals surface area contributed by atoms with Crippen LogP contribution in [0.5, 0.6) is 0 Å². The fourth-order valence-electron chi connectivity index (χ4n) is 1.63. The lowest BCUT2D eigenvalue weighted by Gasteiger charge is -2.18. The molecule has 19 heavy (non-hydrogen) atoms. The number of carboxylic acids is 1. The molecule has 1 aromatic rings. The summed E-state index contributed by atoms with van der Waals surface area (Å²) in [7, 11) is -0.793. The fourth-order valence-corrected chi connectivity index (χ4v) is 3.03. The van der Waals surface area contributed by atoms with Gasteiger partial charge in [-0.25, -0.2) is 13.2 Å². The number of sulfonamides is 1. The van der Waals surface area contributed by atoms with E-state index in [1.54, 1.807) is 0 Å². The number of aromatic carboxylic acids is 1. The Morgan fingerprint density at radius 3 is 2.58 bits per heavy atom. The summed E-state index contributed by atoms with van der Waals surface area (Å²) in [6.45, 7) is 1.96. The molecule has 7 heteroatoms. The molecule has 1 aromatic carbocycles. The number of benzene rings is 1. The third kappa shape index (κ3) is 3.31. The number of hydrogen-bond donors (Lipinski definition) is 1. The minimum atomic E-state index is -3.71. The van der Waals surface area contributed by atoms with Gasteiger partial charge >= 0.3 is 5.97 Å². The van der Waals surface area contributed by atoms with Crippen molar-refractivity contribution < 1.29 is 23.1 Å². The topological polar surface area (TPSA) is 83.9 Å². The Morgan fingerprint density at radius 2 is 2.05 bits per heavy atom. The Morgan fingerprint density at radius 1 is 1.42 bits per heavy atom. The summed E-state index contributed by atoms with van der Waals surface area (Å²) >= 11 is 0. The van der Waals surface area contributed by atoms with E-state index in [1.165, 1.54) is 39.3 Å². The molecule has 0 saturated carbocycles. The van der Waals surface area contributed by atoms with Gasteiger partial charge in [-0.2, -0.15) is 4.31 Å². The van der Waals surface area contributed by atoms with E-state index in [2.05, 4.69) is 0 Å². The second kappa shape index (κ2) is 6.14. The monoisotopic (exact) mass is 287 g/mol. The van der Waals surface area contributed by atoms with Crippen molar-refractivity contribution in [2.24, 2.45) is 0 Å². The zero-order valence-electron chi connectivity index (χ0n) is 11.1. The molecule has 1 N–H and O–H groups in total. The number of hydrogen-bond acceptors (Lipinski definition) is 4. The maximum absolute atomic E-state index is 12.3. The predicted octanol–water partition coefficient (Wildman–Crippen LogP) is 0.960. The summed E-state index contributed by atoms with van der Waals surface area (Å²) in [5.74, 6) is -1.14. The van der Waals surface area contributed by atoms with E-state index in [-0.39, 0.29) is 29.2 Å². The molecule has 0 amide bonds. The summed E-state index contributed by atoms with van der Waals surface area (Å²) in [5.41, 5.74) is 0.223. The Bertz CT molecular complexity index is 567. The number of methoxy groups -OCH3 is 1. The fraction of sp³-hybridized carbons (Fsp3) is 0.417. The van der Waals surface area contributed by atoms with E-state index >= 15 is 0 Å². The van der Waals surface area contributed by atoms with Gasteiger partial charge in [0.05, 0.1) is 17.1 Å². The van der Waals surface area contributed by atoms with Crippen LogP contribution in [0.25, 0.3) is 0 Å². The first-order valence-corrected chi connectivity index (χ1v) is 7.04. The van der Waals surface area contributed by atoms with Gasteiger partial charge in [0.25, 0.3) is 0 Å². The van der Waals surface area contributed by atoms with Gasteiger partial charge in [0, 0.05) is 20.7 Å². The van der Waals surface area contributed by atoms with Gasteiger partial charge in [-0.05, 0) is 24.6 Å². The molecule has 0 aliphatic carbocycles. The van der Waals surface area contributed by atoms with Crippen molar-refractivity contribution in [3.63, 3.8) is 0 Å². The van der Waals surface area contributed by atoms with Crippen LogP contribution in [0.15, 0.2) is 23.1 Å². The molecule has 0 bridgehead atoms. The minimum absolute atomic E-state index is 0.00556. The molecule has 0 aliphatic rings. The highest BCUT2D eigenvalue weighted by molar-refractivity contribution is 7.89. The summed E-state index contributed by atoms with van der Waals surface area (Å²) in [5, 5.41) is 9.01. The standard InChI is InChI=1S/C12H17NO5S/c1-9-10(12(14)15)5-4-6-11(9)19(16,17)13(2)7-8-18-3/h4-6H,7-8H2,1-3H3,(H,14,15). The molecule has 0 heterocycles. The molecule has 6 nitrogen and oxygen atoms in total. The zero-order chi connectivity index (χ0) is 14.6. The summed E-state index contributed by atoms with van der Waals surface area (Å²) in [6.07, 6.45) is 0. The molecule has 0 aliphatic heterocycles. The normalized spacial score (nSPS) is 11.8. The van der Waals surface area contributed by atoms with Crippen LogP contribution in [0.3, 0.4) is 0 Å². The van der Waals surface area contributed by atoms with Crippen LogP contribution in [0, 0.1) is 6.92 Å².